The van der Waals surface area contributed by atoms with Gasteiger partial charge in [0.2, 0.25) is 5.91 Å². The van der Waals surface area contributed by atoms with E-state index in [1.165, 1.54) is 5.56 Å². The van der Waals surface area contributed by atoms with Gasteiger partial charge in [0.15, 0.2) is 0 Å². The molecular weight excluding hydrogens is 348 g/mol. The summed E-state index contributed by atoms with van der Waals surface area (Å²) in [5, 5.41) is 0. The second-order valence-electron chi connectivity index (χ2n) is 8.49. The minimum absolute atomic E-state index is 0.0906. The highest BCUT2D eigenvalue weighted by molar-refractivity contribution is 5.80. The number of aromatic nitrogens is 1. The molecule has 28 heavy (non-hydrogen) atoms. The van der Waals surface area contributed by atoms with Crippen LogP contribution in [-0.4, -0.2) is 28.5 Å². The van der Waals surface area contributed by atoms with Gasteiger partial charge in [-0.05, 0) is 43.2 Å². The number of pyridine rings is 1. The minimum atomic E-state index is 0.0906. The van der Waals surface area contributed by atoms with Crippen LogP contribution in [0.2, 0.25) is 0 Å². The third kappa shape index (κ3) is 3.01. The Hall–Kier alpha value is -2.62. The van der Waals surface area contributed by atoms with Gasteiger partial charge in [-0.2, -0.15) is 0 Å². The Balaban J connectivity index is 1.49. The number of likely N-dealkylation sites (tertiary alicyclic amines) is 1. The van der Waals surface area contributed by atoms with Crippen LogP contribution in [-0.2, 0) is 11.2 Å². The topological polar surface area (TPSA) is 42.3 Å². The van der Waals surface area contributed by atoms with E-state index in [1.54, 1.807) is 6.07 Å². The van der Waals surface area contributed by atoms with Gasteiger partial charge >= 0.3 is 0 Å². The zero-order valence-corrected chi connectivity index (χ0v) is 16.0. The molecule has 0 unspecified atom stereocenters. The molecule has 3 aliphatic rings. The van der Waals surface area contributed by atoms with Crippen LogP contribution in [0.1, 0.15) is 42.5 Å². The monoisotopic (exact) mass is 374 g/mol. The molecule has 4 heteroatoms. The predicted molar refractivity (Wildman–Crippen MR) is 109 cm³/mol. The third-order valence-corrected chi connectivity index (χ3v) is 6.75. The highest BCUT2D eigenvalue weighted by Gasteiger charge is 2.42. The number of fused-ring (bicyclic) bond motifs is 4. The maximum absolute atomic E-state index is 13.1. The van der Waals surface area contributed by atoms with E-state index in [9.17, 15) is 9.59 Å². The van der Waals surface area contributed by atoms with Gasteiger partial charge in [0.1, 0.15) is 0 Å². The van der Waals surface area contributed by atoms with E-state index >= 15 is 0 Å². The number of amides is 1. The molecule has 1 aromatic carbocycles. The van der Waals surface area contributed by atoms with Crippen molar-refractivity contribution in [1.82, 2.24) is 9.47 Å². The maximum Gasteiger partial charge on any atom is 0.251 e. The van der Waals surface area contributed by atoms with Crippen molar-refractivity contribution >= 4 is 5.91 Å². The van der Waals surface area contributed by atoms with Crippen molar-refractivity contribution in [1.29, 1.82) is 0 Å². The summed E-state index contributed by atoms with van der Waals surface area (Å²) in [4.78, 5) is 28.0. The Morgan fingerprint density at radius 2 is 1.75 bits per heavy atom. The average molecular weight is 374 g/mol. The Kier molecular flexibility index (Phi) is 4.42. The molecule has 1 fully saturated rings. The zero-order valence-electron chi connectivity index (χ0n) is 16.0. The van der Waals surface area contributed by atoms with Crippen LogP contribution in [0.4, 0.5) is 0 Å². The molecule has 2 aromatic rings. The molecular formula is C24H26N2O2. The number of piperidine rings is 1. The van der Waals surface area contributed by atoms with Crippen LogP contribution < -0.4 is 5.56 Å². The zero-order chi connectivity index (χ0) is 19.1. The number of benzene rings is 1. The van der Waals surface area contributed by atoms with Crippen LogP contribution in [0.5, 0.6) is 0 Å². The van der Waals surface area contributed by atoms with Gasteiger partial charge in [-0.3, -0.25) is 9.59 Å². The molecule has 0 N–H and O–H groups in total. The van der Waals surface area contributed by atoms with Crippen LogP contribution in [0.3, 0.4) is 0 Å². The van der Waals surface area contributed by atoms with Gasteiger partial charge in [-0.15, -0.1) is 0 Å². The highest BCUT2D eigenvalue weighted by Crippen LogP contribution is 2.43. The molecule has 1 saturated heterocycles. The lowest BCUT2D eigenvalue weighted by Gasteiger charge is -2.47. The summed E-state index contributed by atoms with van der Waals surface area (Å²) in [6.45, 7) is 1.51. The van der Waals surface area contributed by atoms with E-state index in [0.717, 1.165) is 44.5 Å². The second-order valence-corrected chi connectivity index (χ2v) is 8.49. The molecule has 2 aliphatic heterocycles. The first kappa shape index (κ1) is 17.5. The van der Waals surface area contributed by atoms with Gasteiger partial charge in [0.05, 0.1) is 0 Å². The quantitative estimate of drug-likeness (QED) is 0.771. The van der Waals surface area contributed by atoms with E-state index in [1.807, 2.05) is 16.7 Å². The van der Waals surface area contributed by atoms with E-state index in [2.05, 4.69) is 47.4 Å². The smallest absolute Gasteiger partial charge is 0.251 e. The Morgan fingerprint density at radius 3 is 2.54 bits per heavy atom. The highest BCUT2D eigenvalue weighted by atomic mass is 16.2. The molecule has 1 aromatic heterocycles. The summed E-state index contributed by atoms with van der Waals surface area (Å²) in [6.07, 6.45) is 7.89. The van der Waals surface area contributed by atoms with Gasteiger partial charge in [-0.1, -0.05) is 48.6 Å². The first-order chi connectivity index (χ1) is 13.7. The maximum atomic E-state index is 13.1. The summed E-state index contributed by atoms with van der Waals surface area (Å²) in [5.41, 5.74) is 2.44. The Bertz CT molecular complexity index is 954. The lowest BCUT2D eigenvalue weighted by atomic mass is 9.76. The van der Waals surface area contributed by atoms with Crippen molar-refractivity contribution in [3.63, 3.8) is 0 Å². The Labute approximate surface area is 165 Å². The number of allylic oxidation sites excluding steroid dienone is 2. The van der Waals surface area contributed by atoms with Crippen LogP contribution in [0, 0.1) is 11.8 Å². The first-order valence-electron chi connectivity index (χ1n) is 10.4. The number of hydrogen-bond donors (Lipinski definition) is 0. The van der Waals surface area contributed by atoms with E-state index in [4.69, 9.17) is 0 Å². The van der Waals surface area contributed by atoms with Crippen LogP contribution in [0.25, 0.3) is 0 Å². The molecule has 4 nitrogen and oxygen atoms in total. The standard InChI is InChI=1S/C24H26N2O2/c27-23-12-6-11-21-19-14-20(16-25(15-19)24(28)18-9-4-5-10-18)22(26(21)23)13-17-7-2-1-3-8-17/h1-8,11-12,18-20,22H,9-10,13-16H2/t19-,20+,22+/m1/s1. The normalized spacial score (nSPS) is 26.3. The van der Waals surface area contributed by atoms with Crippen molar-refractivity contribution < 1.29 is 4.79 Å². The van der Waals surface area contributed by atoms with Crippen molar-refractivity contribution in [3.8, 4) is 0 Å². The van der Waals surface area contributed by atoms with E-state index < -0.39 is 0 Å². The average Bonchev–Trinajstić information content (AvgIpc) is 3.26. The molecule has 144 valence electrons. The molecule has 0 radical (unpaired) electrons. The largest absolute Gasteiger partial charge is 0.341 e. The number of carbonyl (C=O) groups excluding carboxylic acids is 1. The summed E-state index contributed by atoms with van der Waals surface area (Å²) in [5.74, 6) is 0.997. The molecule has 3 atom stereocenters. The fourth-order valence-electron chi connectivity index (χ4n) is 5.42. The van der Waals surface area contributed by atoms with Gasteiger partial charge in [0, 0.05) is 42.7 Å². The van der Waals surface area contributed by atoms with Gasteiger partial charge in [0.25, 0.3) is 5.56 Å². The predicted octanol–water partition coefficient (Wildman–Crippen LogP) is 3.54. The summed E-state index contributed by atoms with van der Waals surface area (Å²) >= 11 is 0. The van der Waals surface area contributed by atoms with Crippen molar-refractivity contribution in [2.75, 3.05) is 13.1 Å². The Morgan fingerprint density at radius 1 is 0.964 bits per heavy atom. The molecule has 5 rings (SSSR count). The van der Waals surface area contributed by atoms with E-state index in [0.29, 0.717) is 11.8 Å². The summed E-state index contributed by atoms with van der Waals surface area (Å²) in [7, 11) is 0. The van der Waals surface area contributed by atoms with E-state index in [-0.39, 0.29) is 23.4 Å². The lowest BCUT2D eigenvalue weighted by molar-refractivity contribution is -0.138. The summed E-state index contributed by atoms with van der Waals surface area (Å²) in [6, 6.07) is 16.2. The number of nitrogens with zero attached hydrogens (tertiary/aromatic N) is 2. The van der Waals surface area contributed by atoms with Gasteiger partial charge in [-0.25, -0.2) is 0 Å². The summed E-state index contributed by atoms with van der Waals surface area (Å²) < 4.78 is 2.03. The fraction of sp³-hybridized carbons (Fsp3) is 0.417. The van der Waals surface area contributed by atoms with Crippen LogP contribution in [0.15, 0.2) is 65.5 Å². The fourth-order valence-corrected chi connectivity index (χ4v) is 5.42. The second kappa shape index (κ2) is 7.08. The SMILES string of the molecule is O=C(C1CC=CC1)N1C[C@H]2C[C@@H](C1)[C@H](Cc1ccccc1)n1c2cccc1=O. The molecule has 2 bridgehead atoms. The number of hydrogen-bond acceptors (Lipinski definition) is 2. The van der Waals surface area contributed by atoms with Crippen molar-refractivity contribution in [2.45, 2.75) is 37.6 Å². The molecule has 1 amide bonds. The molecule has 0 spiro atoms. The first-order valence-corrected chi connectivity index (χ1v) is 10.4. The molecule has 1 aliphatic carbocycles. The minimum Gasteiger partial charge on any atom is -0.341 e. The molecule has 3 heterocycles. The van der Waals surface area contributed by atoms with Crippen molar-refractivity contribution in [2.24, 2.45) is 11.8 Å². The van der Waals surface area contributed by atoms with Crippen molar-refractivity contribution in [3.05, 3.63) is 82.3 Å². The number of carbonyl (C=O) groups is 1. The number of rotatable bonds is 3. The lowest BCUT2D eigenvalue weighted by Crippen LogP contribution is -2.52. The van der Waals surface area contributed by atoms with Gasteiger partial charge < -0.3 is 9.47 Å². The molecule has 0 saturated carbocycles. The third-order valence-electron chi connectivity index (χ3n) is 6.75. The van der Waals surface area contributed by atoms with Crippen LogP contribution >= 0.6 is 0 Å².